The number of carbonyl (C=O) groups excluding carboxylic acids is 1. The fourth-order valence-corrected chi connectivity index (χ4v) is 4.60. The Kier molecular flexibility index (Phi) is 7.72. The van der Waals surface area contributed by atoms with Gasteiger partial charge in [-0.05, 0) is 42.5 Å². The number of sulfonamides is 1. The van der Waals surface area contributed by atoms with Crippen molar-refractivity contribution in [3.63, 3.8) is 0 Å². The molecule has 0 heterocycles. The first-order valence-corrected chi connectivity index (χ1v) is 11.5. The predicted molar refractivity (Wildman–Crippen MR) is 121 cm³/mol. The monoisotopic (exact) mass is 530 g/mol. The third-order valence-corrected chi connectivity index (χ3v) is 6.67. The number of benzene rings is 3. The van der Waals surface area contributed by atoms with Crippen molar-refractivity contribution in [2.75, 3.05) is 30.4 Å². The van der Waals surface area contributed by atoms with Crippen LogP contribution in [0.3, 0.4) is 0 Å². The first kappa shape index (κ1) is 26.7. The summed E-state index contributed by atoms with van der Waals surface area (Å²) in [5.41, 5.74) is -2.08. The van der Waals surface area contributed by atoms with Crippen LogP contribution in [-0.2, 0) is 21.0 Å². The molecule has 0 saturated heterocycles. The van der Waals surface area contributed by atoms with Crippen LogP contribution in [0.5, 0.6) is 11.5 Å². The maximum Gasteiger partial charge on any atom is 0.416 e. The van der Waals surface area contributed by atoms with Gasteiger partial charge in [-0.25, -0.2) is 17.2 Å². The van der Waals surface area contributed by atoms with Gasteiger partial charge >= 0.3 is 6.18 Å². The summed E-state index contributed by atoms with van der Waals surface area (Å²) in [7, 11) is -2.09. The van der Waals surface area contributed by atoms with E-state index in [4.69, 9.17) is 9.47 Å². The highest BCUT2D eigenvalue weighted by molar-refractivity contribution is 7.92. The molecule has 1 amide bonds. The molecule has 0 aliphatic carbocycles. The Morgan fingerprint density at radius 1 is 0.944 bits per heavy atom. The zero-order valence-electron chi connectivity index (χ0n) is 18.8. The fourth-order valence-electron chi connectivity index (χ4n) is 3.17. The molecule has 0 spiro atoms. The molecule has 192 valence electrons. The van der Waals surface area contributed by atoms with Gasteiger partial charge in [-0.3, -0.25) is 9.10 Å². The van der Waals surface area contributed by atoms with Crippen molar-refractivity contribution in [2.24, 2.45) is 0 Å². The first-order valence-electron chi connectivity index (χ1n) is 10.0. The summed E-state index contributed by atoms with van der Waals surface area (Å²) in [6.07, 6.45) is -4.80. The van der Waals surface area contributed by atoms with Gasteiger partial charge in [-0.1, -0.05) is 6.07 Å². The molecule has 0 bridgehead atoms. The van der Waals surface area contributed by atoms with Gasteiger partial charge in [0, 0.05) is 12.1 Å². The number of hydrogen-bond donors (Lipinski definition) is 1. The topological polar surface area (TPSA) is 84.9 Å². The van der Waals surface area contributed by atoms with E-state index in [0.717, 1.165) is 42.5 Å². The van der Waals surface area contributed by atoms with Gasteiger partial charge < -0.3 is 14.8 Å². The van der Waals surface area contributed by atoms with E-state index in [0.29, 0.717) is 16.4 Å². The Labute approximate surface area is 203 Å². The van der Waals surface area contributed by atoms with Gasteiger partial charge in [0.05, 0.1) is 36.1 Å². The van der Waals surface area contributed by atoms with E-state index in [1.165, 1.54) is 20.3 Å². The van der Waals surface area contributed by atoms with Crippen molar-refractivity contribution in [1.82, 2.24) is 0 Å². The molecule has 3 aromatic rings. The van der Waals surface area contributed by atoms with Gasteiger partial charge in [-0.15, -0.1) is 0 Å². The van der Waals surface area contributed by atoms with Gasteiger partial charge in [0.15, 0.2) is 11.5 Å². The van der Waals surface area contributed by atoms with Crippen molar-refractivity contribution >= 4 is 27.3 Å². The number of methoxy groups -OCH3 is 2. The largest absolute Gasteiger partial charge is 0.493 e. The molecule has 3 rings (SSSR count). The van der Waals surface area contributed by atoms with Crippen LogP contribution in [0.2, 0.25) is 0 Å². The number of amides is 1. The minimum absolute atomic E-state index is 0.0143. The molecule has 0 saturated carbocycles. The van der Waals surface area contributed by atoms with Crippen molar-refractivity contribution in [1.29, 1.82) is 0 Å². The highest BCUT2D eigenvalue weighted by atomic mass is 32.2. The third kappa shape index (κ3) is 5.85. The molecule has 7 nitrogen and oxygen atoms in total. The van der Waals surface area contributed by atoms with Gasteiger partial charge in [0.1, 0.15) is 18.2 Å². The third-order valence-electron chi connectivity index (χ3n) is 4.90. The van der Waals surface area contributed by atoms with Crippen LogP contribution in [0.25, 0.3) is 0 Å². The number of hydrogen-bond acceptors (Lipinski definition) is 5. The van der Waals surface area contributed by atoms with Crippen molar-refractivity contribution < 1.29 is 44.6 Å². The number of nitrogens with one attached hydrogen (secondary N) is 1. The zero-order valence-corrected chi connectivity index (χ0v) is 19.6. The number of carbonyl (C=O) groups is 1. The number of halogens is 5. The van der Waals surface area contributed by atoms with E-state index in [1.54, 1.807) is 0 Å². The summed E-state index contributed by atoms with van der Waals surface area (Å²) in [4.78, 5) is 12.3. The lowest BCUT2D eigenvalue weighted by Crippen LogP contribution is -2.38. The Bertz CT molecular complexity index is 1380. The first-order chi connectivity index (χ1) is 16.9. The number of ether oxygens (including phenoxy) is 2. The average Bonchev–Trinajstić information content (AvgIpc) is 2.83. The molecule has 0 unspecified atom stereocenters. The average molecular weight is 530 g/mol. The van der Waals surface area contributed by atoms with Crippen LogP contribution in [0.15, 0.2) is 65.6 Å². The quantitative estimate of drug-likeness (QED) is 0.422. The Hall–Kier alpha value is -3.87. The minimum atomic E-state index is -4.80. The maximum atomic E-state index is 14.0. The molecule has 0 aromatic heterocycles. The lowest BCUT2D eigenvalue weighted by molar-refractivity contribution is -0.137. The highest BCUT2D eigenvalue weighted by Crippen LogP contribution is 2.35. The van der Waals surface area contributed by atoms with Crippen LogP contribution in [0.4, 0.5) is 33.3 Å². The molecule has 0 radical (unpaired) electrons. The van der Waals surface area contributed by atoms with Crippen molar-refractivity contribution in [3.05, 3.63) is 77.9 Å². The van der Waals surface area contributed by atoms with Gasteiger partial charge in [0.2, 0.25) is 5.91 Å². The van der Waals surface area contributed by atoms with E-state index in [2.05, 4.69) is 5.32 Å². The molecular formula is C23H19F5N2O5S. The van der Waals surface area contributed by atoms with Crippen LogP contribution >= 0.6 is 0 Å². The smallest absolute Gasteiger partial charge is 0.416 e. The molecule has 0 fully saturated rings. The van der Waals surface area contributed by atoms with Crippen molar-refractivity contribution in [2.45, 2.75) is 11.1 Å². The Balaban J connectivity index is 2.07. The summed E-state index contributed by atoms with van der Waals surface area (Å²) in [5, 5.41) is 2.09. The summed E-state index contributed by atoms with van der Waals surface area (Å²) >= 11 is 0. The van der Waals surface area contributed by atoms with Crippen LogP contribution in [0.1, 0.15) is 5.56 Å². The Morgan fingerprint density at radius 3 is 2.25 bits per heavy atom. The molecule has 36 heavy (non-hydrogen) atoms. The molecule has 0 atom stereocenters. The normalized spacial score (nSPS) is 11.6. The number of anilines is 2. The summed E-state index contributed by atoms with van der Waals surface area (Å²) in [6.45, 7) is -1.03. The second-order valence-corrected chi connectivity index (χ2v) is 9.11. The summed E-state index contributed by atoms with van der Waals surface area (Å²) in [5.74, 6) is -2.93. The molecule has 1 N–H and O–H groups in total. The zero-order chi connectivity index (χ0) is 26.7. The summed E-state index contributed by atoms with van der Waals surface area (Å²) < 4.78 is 105. The lowest BCUT2D eigenvalue weighted by Gasteiger charge is -2.25. The SMILES string of the molecule is COc1ccc(S(=O)(=O)N(CC(=O)Nc2ccc(F)cc2F)c2cccc(C(F)(F)F)c2)cc1OC. The second-order valence-electron chi connectivity index (χ2n) is 7.25. The molecule has 0 aliphatic rings. The minimum Gasteiger partial charge on any atom is -0.493 e. The molecular weight excluding hydrogens is 511 g/mol. The van der Waals surface area contributed by atoms with E-state index < -0.39 is 62.1 Å². The van der Waals surface area contributed by atoms with Crippen molar-refractivity contribution in [3.8, 4) is 11.5 Å². The van der Waals surface area contributed by atoms with E-state index in [1.807, 2.05) is 0 Å². The van der Waals surface area contributed by atoms with Gasteiger partial charge in [-0.2, -0.15) is 13.2 Å². The fraction of sp³-hybridized carbons (Fsp3) is 0.174. The molecule has 13 heteroatoms. The van der Waals surface area contributed by atoms with Crippen LogP contribution in [-0.4, -0.2) is 35.1 Å². The standard InChI is InChI=1S/C23H19F5N2O5S/c1-34-20-9-7-17(12-21(20)35-2)36(32,33)30(16-5-3-4-14(10-16)23(26,27)28)13-22(31)29-19-8-6-15(24)11-18(19)25/h3-12H,13H2,1-2H3,(H,29,31). The predicted octanol–water partition coefficient (Wildman–Crippen LogP) is 4.83. The van der Waals surface area contributed by atoms with Crippen LogP contribution in [0, 0.1) is 11.6 Å². The molecule has 0 aliphatic heterocycles. The second kappa shape index (κ2) is 10.4. The summed E-state index contributed by atoms with van der Waals surface area (Å²) in [6, 6.07) is 9.09. The van der Waals surface area contributed by atoms with E-state index in [-0.39, 0.29) is 11.5 Å². The Morgan fingerprint density at radius 2 is 1.64 bits per heavy atom. The van der Waals surface area contributed by atoms with Gasteiger partial charge in [0.25, 0.3) is 10.0 Å². The number of nitrogens with zero attached hydrogens (tertiary/aromatic N) is 1. The van der Waals surface area contributed by atoms with E-state index in [9.17, 15) is 35.2 Å². The number of rotatable bonds is 8. The highest BCUT2D eigenvalue weighted by Gasteiger charge is 2.33. The lowest BCUT2D eigenvalue weighted by atomic mass is 10.2. The molecule has 3 aromatic carbocycles. The maximum absolute atomic E-state index is 14.0. The number of alkyl halides is 3. The van der Waals surface area contributed by atoms with Crippen LogP contribution < -0.4 is 19.1 Å². The van der Waals surface area contributed by atoms with E-state index >= 15 is 0 Å².